The number of nitrogens with one attached hydrogen (secondary N) is 1. The van der Waals surface area contributed by atoms with Crippen molar-refractivity contribution in [2.75, 3.05) is 25.1 Å². The number of nitrogens with zero attached hydrogens (tertiary/aromatic N) is 4. The zero-order chi connectivity index (χ0) is 20.5. The van der Waals surface area contributed by atoms with Crippen LogP contribution in [0.3, 0.4) is 0 Å². The van der Waals surface area contributed by atoms with Crippen LogP contribution in [-0.4, -0.2) is 67.9 Å². The molecule has 2 aromatic heterocycles. The van der Waals surface area contributed by atoms with E-state index >= 15 is 0 Å². The van der Waals surface area contributed by atoms with E-state index in [1.54, 1.807) is 0 Å². The van der Waals surface area contributed by atoms with Gasteiger partial charge in [-0.25, -0.2) is 15.0 Å². The quantitative estimate of drug-likeness (QED) is 0.444. The largest absolute Gasteiger partial charge is 0.387 e. The van der Waals surface area contributed by atoms with E-state index in [2.05, 4.69) is 20.3 Å². The zero-order valence-corrected chi connectivity index (χ0v) is 17.3. The molecule has 28 heavy (non-hydrogen) atoms. The number of anilines is 1. The Labute approximate surface area is 166 Å². The van der Waals surface area contributed by atoms with E-state index in [1.807, 2.05) is 19.9 Å². The molecular formula is C16H23ClN5O5P. The summed E-state index contributed by atoms with van der Waals surface area (Å²) in [5.74, 6) is 0.545. The minimum Gasteiger partial charge on any atom is -0.387 e. The molecule has 0 aliphatic carbocycles. The molecule has 3 unspecified atom stereocenters. The fourth-order valence-electron chi connectivity index (χ4n) is 2.82. The topological polar surface area (TPSA) is 132 Å². The summed E-state index contributed by atoms with van der Waals surface area (Å²) in [5.41, 5.74) is 2.11. The average Bonchev–Trinajstić information content (AvgIpc) is 3.15. The minimum atomic E-state index is -3.26. The molecule has 0 radical (unpaired) electrons. The highest BCUT2D eigenvalue weighted by Gasteiger charge is 2.45. The smallest absolute Gasteiger partial charge is 0.287 e. The Hall–Kier alpha value is -1.55. The van der Waals surface area contributed by atoms with Crippen molar-refractivity contribution in [3.63, 3.8) is 0 Å². The fraction of sp³-hybridized carbons (Fsp3) is 0.562. The lowest BCUT2D eigenvalue weighted by atomic mass is 10.1. The van der Waals surface area contributed by atoms with Crippen molar-refractivity contribution in [1.82, 2.24) is 19.5 Å². The van der Waals surface area contributed by atoms with Gasteiger partial charge in [-0.05, 0) is 25.1 Å². The Morgan fingerprint density at radius 2 is 2.14 bits per heavy atom. The van der Waals surface area contributed by atoms with Crippen LogP contribution in [0.2, 0.25) is 0 Å². The lowest BCUT2D eigenvalue weighted by molar-refractivity contribution is -0.0467. The molecular weight excluding hydrogens is 409 g/mol. The van der Waals surface area contributed by atoms with Gasteiger partial charge in [0.05, 0.1) is 12.9 Å². The minimum absolute atomic E-state index is 0.219. The van der Waals surface area contributed by atoms with Crippen LogP contribution in [0.4, 0.5) is 5.82 Å². The molecule has 12 heteroatoms. The SMILES string of the molecule is CC(C)=CCNc1ncnc2c1ncn2[C@@H]1O[C@H](COP(C)(=O)Cl)C(O)C1O. The number of hydrogen-bond donors (Lipinski definition) is 3. The fourth-order valence-corrected chi connectivity index (χ4v) is 3.40. The molecule has 1 aliphatic rings. The summed E-state index contributed by atoms with van der Waals surface area (Å²) in [7, 11) is 0. The number of ether oxygens (including phenoxy) is 1. The number of aromatic nitrogens is 4. The first-order valence-electron chi connectivity index (χ1n) is 8.65. The summed E-state index contributed by atoms with van der Waals surface area (Å²) in [6, 6.07) is 0. The molecule has 1 saturated heterocycles. The number of aliphatic hydroxyl groups excluding tert-OH is 2. The van der Waals surface area contributed by atoms with Gasteiger partial charge in [-0.2, -0.15) is 0 Å². The van der Waals surface area contributed by atoms with E-state index in [4.69, 9.17) is 20.5 Å². The summed E-state index contributed by atoms with van der Waals surface area (Å²) in [6.45, 7) is 2.34. The van der Waals surface area contributed by atoms with Crippen LogP contribution in [0.1, 0.15) is 20.1 Å². The first-order chi connectivity index (χ1) is 13.2. The van der Waals surface area contributed by atoms with E-state index in [-0.39, 0.29) is 6.61 Å². The molecule has 3 rings (SSSR count). The number of allylic oxidation sites excluding steroid dienone is 1. The van der Waals surface area contributed by atoms with Gasteiger partial charge in [-0.1, -0.05) is 11.6 Å². The van der Waals surface area contributed by atoms with Crippen LogP contribution in [0.25, 0.3) is 11.2 Å². The maximum atomic E-state index is 11.5. The lowest BCUT2D eigenvalue weighted by Gasteiger charge is -2.16. The van der Waals surface area contributed by atoms with E-state index in [9.17, 15) is 14.8 Å². The molecule has 154 valence electrons. The van der Waals surface area contributed by atoms with Gasteiger partial charge in [0, 0.05) is 13.2 Å². The van der Waals surface area contributed by atoms with Gasteiger partial charge in [-0.15, -0.1) is 0 Å². The Bertz CT molecular complexity index is 912. The molecule has 0 saturated carbocycles. The van der Waals surface area contributed by atoms with Crippen LogP contribution >= 0.6 is 18.0 Å². The maximum absolute atomic E-state index is 11.5. The zero-order valence-electron chi connectivity index (χ0n) is 15.7. The third-order valence-corrected chi connectivity index (χ3v) is 5.12. The highest BCUT2D eigenvalue weighted by molar-refractivity contribution is 7.84. The van der Waals surface area contributed by atoms with Crippen LogP contribution in [0.15, 0.2) is 24.3 Å². The van der Waals surface area contributed by atoms with Crippen molar-refractivity contribution in [3.8, 4) is 0 Å². The Kier molecular flexibility index (Phi) is 6.38. The lowest BCUT2D eigenvalue weighted by Crippen LogP contribution is -2.33. The van der Waals surface area contributed by atoms with Crippen molar-refractivity contribution in [2.24, 2.45) is 0 Å². The molecule has 5 atom stereocenters. The standard InChI is InChI=1S/C16H23ClN5O5P/c1-9(2)4-5-18-14-11-15(20-7-19-14)22(8-21-11)16-13(24)12(23)10(27-16)6-26-28(3,17)25/h4,7-8,10,12-13,16,23-24H,5-6H2,1-3H3,(H,18,19,20)/t10-,12?,13?,16-,28?/m1/s1. The molecule has 10 nitrogen and oxygen atoms in total. The average molecular weight is 432 g/mol. The van der Waals surface area contributed by atoms with Crippen molar-refractivity contribution < 1.29 is 24.0 Å². The summed E-state index contributed by atoms with van der Waals surface area (Å²) in [6.07, 6.45) is 0.505. The van der Waals surface area contributed by atoms with Crippen molar-refractivity contribution >= 4 is 34.9 Å². The number of rotatable bonds is 7. The van der Waals surface area contributed by atoms with E-state index < -0.39 is 31.3 Å². The second-order valence-corrected chi connectivity index (χ2v) is 10.4. The molecule has 1 aliphatic heterocycles. The predicted octanol–water partition coefficient (Wildman–Crippen LogP) is 1.90. The van der Waals surface area contributed by atoms with Crippen LogP contribution < -0.4 is 5.32 Å². The van der Waals surface area contributed by atoms with E-state index in [0.29, 0.717) is 23.5 Å². The summed E-state index contributed by atoms with van der Waals surface area (Å²) >= 11 is 5.58. The number of halogens is 1. The third kappa shape index (κ3) is 4.71. The van der Waals surface area contributed by atoms with E-state index in [0.717, 1.165) is 0 Å². The second-order valence-electron chi connectivity index (χ2n) is 6.80. The van der Waals surface area contributed by atoms with Gasteiger partial charge in [0.25, 0.3) is 6.72 Å². The highest BCUT2D eigenvalue weighted by Crippen LogP contribution is 2.48. The van der Waals surface area contributed by atoms with Gasteiger partial charge < -0.3 is 24.8 Å². The number of fused-ring (bicyclic) bond motifs is 1. The number of imidazole rings is 1. The molecule has 0 bridgehead atoms. The normalized spacial score (nSPS) is 26.9. The molecule has 0 amide bonds. The van der Waals surface area contributed by atoms with Gasteiger partial charge in [0.2, 0.25) is 0 Å². The summed E-state index contributed by atoms with van der Waals surface area (Å²) in [4.78, 5) is 12.7. The predicted molar refractivity (Wildman–Crippen MR) is 105 cm³/mol. The van der Waals surface area contributed by atoms with Crippen molar-refractivity contribution in [2.45, 2.75) is 38.4 Å². The first-order valence-corrected chi connectivity index (χ1v) is 11.6. The van der Waals surface area contributed by atoms with Crippen molar-refractivity contribution in [3.05, 3.63) is 24.3 Å². The summed E-state index contributed by atoms with van der Waals surface area (Å²) in [5, 5.41) is 23.8. The van der Waals surface area contributed by atoms with Crippen LogP contribution in [0.5, 0.6) is 0 Å². The Morgan fingerprint density at radius 3 is 2.82 bits per heavy atom. The molecule has 0 spiro atoms. The summed E-state index contributed by atoms with van der Waals surface area (Å²) < 4.78 is 23.8. The Balaban J connectivity index is 1.81. The van der Waals surface area contributed by atoms with Gasteiger partial charge >= 0.3 is 0 Å². The highest BCUT2D eigenvalue weighted by atomic mass is 35.7. The van der Waals surface area contributed by atoms with Crippen LogP contribution in [0, 0.1) is 0 Å². The third-order valence-electron chi connectivity index (χ3n) is 4.22. The van der Waals surface area contributed by atoms with E-state index in [1.165, 1.54) is 29.5 Å². The van der Waals surface area contributed by atoms with Gasteiger partial charge in [-0.3, -0.25) is 9.13 Å². The molecule has 0 aromatic carbocycles. The second kappa shape index (κ2) is 8.44. The van der Waals surface area contributed by atoms with Gasteiger partial charge in [0.15, 0.2) is 23.2 Å². The number of aliphatic hydroxyl groups is 2. The number of hydrogen-bond acceptors (Lipinski definition) is 9. The molecule has 3 N–H and O–H groups in total. The van der Waals surface area contributed by atoms with Gasteiger partial charge in [0.1, 0.15) is 24.6 Å². The van der Waals surface area contributed by atoms with Crippen molar-refractivity contribution in [1.29, 1.82) is 0 Å². The van der Waals surface area contributed by atoms with Crippen LogP contribution in [-0.2, 0) is 13.8 Å². The molecule has 2 aromatic rings. The molecule has 1 fully saturated rings. The Morgan fingerprint density at radius 1 is 1.39 bits per heavy atom. The maximum Gasteiger partial charge on any atom is 0.287 e. The molecule has 3 heterocycles. The first kappa shape index (κ1) is 21.2. The monoisotopic (exact) mass is 431 g/mol.